The third-order valence-electron chi connectivity index (χ3n) is 3.22. The van der Waals surface area contributed by atoms with E-state index in [1.807, 2.05) is 19.9 Å². The molecule has 2 aromatic heterocycles. The van der Waals surface area contributed by atoms with Crippen LogP contribution in [0.15, 0.2) is 35.7 Å². The molecule has 0 fully saturated rings. The smallest absolute Gasteiger partial charge is 0.258 e. The number of halogens is 1. The Labute approximate surface area is 141 Å². The maximum atomic E-state index is 10.9. The molecule has 0 amide bonds. The van der Waals surface area contributed by atoms with E-state index in [0.29, 0.717) is 16.5 Å². The molecule has 0 saturated carbocycles. The Balaban J connectivity index is 1.97. The van der Waals surface area contributed by atoms with Crippen LogP contribution in [-0.4, -0.2) is 35.8 Å². The highest BCUT2D eigenvalue weighted by Crippen LogP contribution is 2.20. The second-order valence-electron chi connectivity index (χ2n) is 5.02. The number of nitrogens with zero attached hydrogens (tertiary/aromatic N) is 7. The Morgan fingerprint density at radius 3 is 2.79 bits per heavy atom. The SMILES string of the molecule is Cc1cc(C)n(-c2nncn2/N=C\c2cc([N+](=O)[O-])ccc2Cl)n1. The Hall–Kier alpha value is -3.07. The van der Waals surface area contributed by atoms with Crippen LogP contribution >= 0.6 is 11.6 Å². The number of benzene rings is 1. The van der Waals surface area contributed by atoms with E-state index in [1.165, 1.54) is 35.4 Å². The zero-order valence-electron chi connectivity index (χ0n) is 12.8. The van der Waals surface area contributed by atoms with Crippen molar-refractivity contribution in [2.45, 2.75) is 13.8 Å². The van der Waals surface area contributed by atoms with E-state index in [2.05, 4.69) is 20.4 Å². The predicted octanol–water partition coefficient (Wildman–Crippen LogP) is 2.52. The molecular formula is C14H12ClN7O2. The summed E-state index contributed by atoms with van der Waals surface area (Å²) in [6.45, 7) is 3.76. The minimum atomic E-state index is -0.492. The van der Waals surface area contributed by atoms with Crippen molar-refractivity contribution in [2.24, 2.45) is 5.10 Å². The first kappa shape index (κ1) is 15.8. The summed E-state index contributed by atoms with van der Waals surface area (Å²) in [4.78, 5) is 10.4. The average Bonchev–Trinajstić information content (AvgIpc) is 3.11. The number of hydrogen-bond acceptors (Lipinski definition) is 6. The van der Waals surface area contributed by atoms with E-state index in [1.54, 1.807) is 4.68 Å². The first-order chi connectivity index (χ1) is 11.5. The monoisotopic (exact) mass is 345 g/mol. The van der Waals surface area contributed by atoms with Crippen molar-refractivity contribution < 1.29 is 4.92 Å². The molecular weight excluding hydrogens is 334 g/mol. The summed E-state index contributed by atoms with van der Waals surface area (Å²) in [6.07, 6.45) is 2.82. The molecule has 0 aliphatic heterocycles. The van der Waals surface area contributed by atoms with E-state index >= 15 is 0 Å². The molecule has 24 heavy (non-hydrogen) atoms. The van der Waals surface area contributed by atoms with Gasteiger partial charge in [0.25, 0.3) is 11.6 Å². The summed E-state index contributed by atoms with van der Waals surface area (Å²) in [5.74, 6) is 0.401. The molecule has 2 heterocycles. The minimum Gasteiger partial charge on any atom is -0.258 e. The van der Waals surface area contributed by atoms with Crippen LogP contribution < -0.4 is 0 Å². The third kappa shape index (κ3) is 3.01. The van der Waals surface area contributed by atoms with E-state index in [9.17, 15) is 10.1 Å². The maximum absolute atomic E-state index is 10.9. The van der Waals surface area contributed by atoms with Gasteiger partial charge in [-0.3, -0.25) is 10.1 Å². The minimum absolute atomic E-state index is 0.0663. The van der Waals surface area contributed by atoms with E-state index in [0.717, 1.165) is 11.4 Å². The quantitative estimate of drug-likeness (QED) is 0.410. The van der Waals surface area contributed by atoms with Crippen molar-refractivity contribution >= 4 is 23.5 Å². The van der Waals surface area contributed by atoms with E-state index < -0.39 is 4.92 Å². The maximum Gasteiger partial charge on any atom is 0.273 e. The van der Waals surface area contributed by atoms with Crippen molar-refractivity contribution in [2.75, 3.05) is 0 Å². The molecule has 0 aliphatic carbocycles. The number of rotatable bonds is 4. The van der Waals surface area contributed by atoms with Gasteiger partial charge in [-0.1, -0.05) is 11.6 Å². The Morgan fingerprint density at radius 2 is 2.12 bits per heavy atom. The van der Waals surface area contributed by atoms with Crippen LogP contribution in [0.4, 0.5) is 5.69 Å². The first-order valence-corrected chi connectivity index (χ1v) is 7.25. The average molecular weight is 346 g/mol. The molecule has 0 saturated heterocycles. The van der Waals surface area contributed by atoms with Gasteiger partial charge in [-0.05, 0) is 26.0 Å². The van der Waals surface area contributed by atoms with Gasteiger partial charge in [0, 0.05) is 28.4 Å². The predicted molar refractivity (Wildman–Crippen MR) is 87.7 cm³/mol. The summed E-state index contributed by atoms with van der Waals surface area (Å²) >= 11 is 6.05. The van der Waals surface area contributed by atoms with Crippen LogP contribution in [0.3, 0.4) is 0 Å². The van der Waals surface area contributed by atoms with Gasteiger partial charge in [-0.15, -0.1) is 10.2 Å². The fourth-order valence-corrected chi connectivity index (χ4v) is 2.31. The fourth-order valence-electron chi connectivity index (χ4n) is 2.14. The molecule has 0 atom stereocenters. The number of nitro benzene ring substituents is 1. The largest absolute Gasteiger partial charge is 0.273 e. The lowest BCUT2D eigenvalue weighted by Gasteiger charge is -2.03. The molecule has 1 aromatic carbocycles. The van der Waals surface area contributed by atoms with Gasteiger partial charge in [0.15, 0.2) is 0 Å². The summed E-state index contributed by atoms with van der Waals surface area (Å²) in [5, 5.41) is 27.6. The van der Waals surface area contributed by atoms with Crippen LogP contribution in [0.25, 0.3) is 5.95 Å². The number of aromatic nitrogens is 5. The molecule has 3 rings (SSSR count). The molecule has 0 spiro atoms. The molecule has 9 nitrogen and oxygen atoms in total. The summed E-state index contributed by atoms with van der Waals surface area (Å²) < 4.78 is 3.02. The van der Waals surface area contributed by atoms with Gasteiger partial charge < -0.3 is 0 Å². The molecule has 0 N–H and O–H groups in total. The number of non-ortho nitro benzene ring substituents is 1. The molecule has 122 valence electrons. The van der Waals surface area contributed by atoms with Crippen molar-refractivity contribution in [1.29, 1.82) is 0 Å². The van der Waals surface area contributed by atoms with Crippen LogP contribution in [0.2, 0.25) is 5.02 Å². The Bertz CT molecular complexity index is 945. The fraction of sp³-hybridized carbons (Fsp3) is 0.143. The van der Waals surface area contributed by atoms with Gasteiger partial charge >= 0.3 is 0 Å². The van der Waals surface area contributed by atoms with E-state index in [4.69, 9.17) is 11.6 Å². The molecule has 0 unspecified atom stereocenters. The Kier molecular flexibility index (Phi) is 4.09. The molecule has 0 aliphatic rings. The molecule has 0 bridgehead atoms. The van der Waals surface area contributed by atoms with Gasteiger partial charge in [0.05, 0.1) is 16.8 Å². The van der Waals surface area contributed by atoms with Gasteiger partial charge in [0.2, 0.25) is 0 Å². The summed E-state index contributed by atoms with van der Waals surface area (Å²) in [5.41, 5.74) is 2.07. The highest BCUT2D eigenvalue weighted by molar-refractivity contribution is 6.33. The van der Waals surface area contributed by atoms with Crippen molar-refractivity contribution in [1.82, 2.24) is 24.7 Å². The molecule has 3 aromatic rings. The van der Waals surface area contributed by atoms with E-state index in [-0.39, 0.29) is 5.69 Å². The standard InChI is InChI=1S/C14H12ClN7O2/c1-9-5-10(2)21(19-9)14-18-16-8-20(14)17-7-11-6-12(22(23)24)3-4-13(11)15/h3-8H,1-2H3/b17-7-. The summed E-state index contributed by atoms with van der Waals surface area (Å²) in [7, 11) is 0. The van der Waals surface area contributed by atoms with Crippen molar-refractivity contribution in [3.05, 3.63) is 62.7 Å². The second-order valence-corrected chi connectivity index (χ2v) is 5.43. The van der Waals surface area contributed by atoms with Crippen molar-refractivity contribution in [3.63, 3.8) is 0 Å². The number of nitro groups is 1. The highest BCUT2D eigenvalue weighted by atomic mass is 35.5. The molecule has 10 heteroatoms. The Morgan fingerprint density at radius 1 is 1.33 bits per heavy atom. The van der Waals surface area contributed by atoms with Gasteiger partial charge in [0.1, 0.15) is 6.33 Å². The van der Waals surface area contributed by atoms with Crippen LogP contribution in [0.5, 0.6) is 0 Å². The topological polar surface area (TPSA) is 104 Å². The summed E-state index contributed by atoms with van der Waals surface area (Å²) in [6, 6.07) is 6.04. The number of aryl methyl sites for hydroxylation is 2. The third-order valence-corrected chi connectivity index (χ3v) is 3.57. The lowest BCUT2D eigenvalue weighted by molar-refractivity contribution is -0.384. The zero-order chi connectivity index (χ0) is 17.3. The van der Waals surface area contributed by atoms with Crippen LogP contribution in [-0.2, 0) is 0 Å². The number of hydrogen-bond donors (Lipinski definition) is 0. The second kappa shape index (κ2) is 6.20. The van der Waals surface area contributed by atoms with Crippen LogP contribution in [0, 0.1) is 24.0 Å². The van der Waals surface area contributed by atoms with Gasteiger partial charge in [-0.2, -0.15) is 14.9 Å². The van der Waals surface area contributed by atoms with Crippen molar-refractivity contribution in [3.8, 4) is 5.95 Å². The van der Waals surface area contributed by atoms with Gasteiger partial charge in [-0.25, -0.2) is 4.68 Å². The molecule has 0 radical (unpaired) electrons. The first-order valence-electron chi connectivity index (χ1n) is 6.87. The lowest BCUT2D eigenvalue weighted by atomic mass is 10.2. The zero-order valence-corrected chi connectivity index (χ0v) is 13.5. The lowest BCUT2D eigenvalue weighted by Crippen LogP contribution is -2.06. The normalized spacial score (nSPS) is 11.3. The van der Waals surface area contributed by atoms with Crippen LogP contribution in [0.1, 0.15) is 17.0 Å². The highest BCUT2D eigenvalue weighted by Gasteiger charge is 2.11.